The first kappa shape index (κ1) is 24.3. The number of ether oxygens (including phenoxy) is 2. The van der Waals surface area contributed by atoms with Gasteiger partial charge in [-0.3, -0.25) is 4.79 Å². The van der Waals surface area contributed by atoms with Crippen LogP contribution in [0.3, 0.4) is 0 Å². The minimum Gasteiger partial charge on any atom is -0.486 e. The number of carboxylic acid groups (broad SMARTS) is 1. The fourth-order valence-electron chi connectivity index (χ4n) is 3.85. The summed E-state index contributed by atoms with van der Waals surface area (Å²) >= 11 is 0. The highest BCUT2D eigenvalue weighted by molar-refractivity contribution is 5.95. The van der Waals surface area contributed by atoms with Crippen LogP contribution in [0.15, 0.2) is 42.5 Å². The van der Waals surface area contributed by atoms with Crippen LogP contribution in [0.5, 0.6) is 11.5 Å². The third kappa shape index (κ3) is 6.01. The molecule has 0 aliphatic carbocycles. The first-order valence-corrected chi connectivity index (χ1v) is 10.9. The third-order valence-corrected chi connectivity index (χ3v) is 5.52. The first-order valence-electron chi connectivity index (χ1n) is 10.9. The molecule has 9 nitrogen and oxygen atoms in total. The molecule has 4 N–H and O–H groups in total. The van der Waals surface area contributed by atoms with Gasteiger partial charge >= 0.3 is 12.1 Å². The van der Waals surface area contributed by atoms with Gasteiger partial charge in [-0.15, -0.1) is 0 Å². The maximum atomic E-state index is 12.7. The Balaban J connectivity index is 0.000000364. The second kappa shape index (κ2) is 10.2. The van der Waals surface area contributed by atoms with Crippen LogP contribution in [0.1, 0.15) is 35.1 Å². The summed E-state index contributed by atoms with van der Waals surface area (Å²) in [6.07, 6.45) is -3.41. The van der Waals surface area contributed by atoms with Crippen molar-refractivity contribution in [1.82, 2.24) is 20.6 Å². The van der Waals surface area contributed by atoms with E-state index in [0.29, 0.717) is 30.3 Å². The van der Waals surface area contributed by atoms with E-state index in [0.717, 1.165) is 36.2 Å². The maximum Gasteiger partial charge on any atom is 0.490 e. The lowest BCUT2D eigenvalue weighted by molar-refractivity contribution is -0.192. The first-order chi connectivity index (χ1) is 16.7. The summed E-state index contributed by atoms with van der Waals surface area (Å²) in [5, 5.41) is 13.8. The molecule has 0 radical (unpaired) electrons. The summed E-state index contributed by atoms with van der Waals surface area (Å²) in [5.41, 5.74) is 2.58. The normalized spacial score (nSPS) is 19.4. The van der Waals surface area contributed by atoms with Crippen LogP contribution in [-0.4, -0.2) is 58.9 Å². The highest BCUT2D eigenvalue weighted by Crippen LogP contribution is 2.31. The van der Waals surface area contributed by atoms with Crippen molar-refractivity contribution in [3.63, 3.8) is 0 Å². The lowest BCUT2D eigenvalue weighted by atomic mass is 9.98. The van der Waals surface area contributed by atoms with E-state index >= 15 is 0 Å². The Morgan fingerprint density at radius 1 is 1.09 bits per heavy atom. The third-order valence-electron chi connectivity index (χ3n) is 5.52. The van der Waals surface area contributed by atoms with E-state index in [1.165, 1.54) is 0 Å². The Labute approximate surface area is 197 Å². The number of amides is 1. The van der Waals surface area contributed by atoms with Gasteiger partial charge in [0.2, 0.25) is 0 Å². The summed E-state index contributed by atoms with van der Waals surface area (Å²) in [6, 6.07) is 13.5. The zero-order chi connectivity index (χ0) is 25.0. The van der Waals surface area contributed by atoms with Crippen LogP contribution < -0.4 is 20.1 Å². The molecule has 5 rings (SSSR count). The smallest absolute Gasteiger partial charge is 0.486 e. The second-order valence-electron chi connectivity index (χ2n) is 8.00. The monoisotopic (exact) mass is 492 g/mol. The molecule has 1 amide bonds. The van der Waals surface area contributed by atoms with Crippen LogP contribution in [-0.2, 0) is 4.79 Å². The number of benzene rings is 2. The van der Waals surface area contributed by atoms with Gasteiger partial charge in [-0.25, -0.2) is 9.78 Å². The Morgan fingerprint density at radius 2 is 1.80 bits per heavy atom. The Bertz CT molecular complexity index is 1180. The number of nitrogens with zero attached hydrogens (tertiary/aromatic N) is 1. The molecule has 1 saturated heterocycles. The van der Waals surface area contributed by atoms with Gasteiger partial charge in [0.15, 0.2) is 11.5 Å². The van der Waals surface area contributed by atoms with E-state index in [1.54, 1.807) is 18.2 Å². The highest BCUT2D eigenvalue weighted by Gasteiger charge is 2.38. The quantitative estimate of drug-likeness (QED) is 0.443. The van der Waals surface area contributed by atoms with Crippen LogP contribution in [0.25, 0.3) is 11.0 Å². The lowest BCUT2D eigenvalue weighted by Gasteiger charge is -2.30. The van der Waals surface area contributed by atoms with Crippen molar-refractivity contribution >= 4 is 22.9 Å². The molecule has 2 atom stereocenters. The molecule has 0 bridgehead atoms. The Hall–Kier alpha value is -3.80. The predicted molar refractivity (Wildman–Crippen MR) is 118 cm³/mol. The number of H-pyrrole nitrogens is 1. The Kier molecular flexibility index (Phi) is 7.10. The highest BCUT2D eigenvalue weighted by atomic mass is 19.4. The van der Waals surface area contributed by atoms with E-state index in [-0.39, 0.29) is 18.0 Å². The number of nitrogens with one attached hydrogen (secondary N) is 3. The number of rotatable bonds is 3. The molecule has 186 valence electrons. The predicted octanol–water partition coefficient (Wildman–Crippen LogP) is 3.19. The number of imidazole rings is 1. The maximum absolute atomic E-state index is 12.7. The van der Waals surface area contributed by atoms with Gasteiger partial charge in [-0.2, -0.15) is 13.2 Å². The van der Waals surface area contributed by atoms with E-state index in [1.807, 2.05) is 24.3 Å². The zero-order valence-corrected chi connectivity index (χ0v) is 18.4. The van der Waals surface area contributed by atoms with Crippen molar-refractivity contribution in [2.45, 2.75) is 31.1 Å². The molecule has 3 heterocycles. The van der Waals surface area contributed by atoms with Crippen molar-refractivity contribution in [1.29, 1.82) is 0 Å². The number of aromatic nitrogens is 2. The number of carbonyl (C=O) groups is 2. The molecule has 35 heavy (non-hydrogen) atoms. The summed E-state index contributed by atoms with van der Waals surface area (Å²) in [7, 11) is 0. The summed E-state index contributed by atoms with van der Waals surface area (Å²) in [5.74, 6) is -0.613. The van der Waals surface area contributed by atoms with Crippen LogP contribution in [0, 0.1) is 0 Å². The van der Waals surface area contributed by atoms with Crippen molar-refractivity contribution in [3.8, 4) is 11.5 Å². The number of carbonyl (C=O) groups excluding carboxylic acids is 1. The number of para-hydroxylation sites is 2. The molecule has 1 fully saturated rings. The van der Waals surface area contributed by atoms with Gasteiger partial charge in [0.25, 0.3) is 5.91 Å². The van der Waals surface area contributed by atoms with Gasteiger partial charge in [0.1, 0.15) is 19.0 Å². The van der Waals surface area contributed by atoms with Crippen molar-refractivity contribution in [2.24, 2.45) is 0 Å². The minimum absolute atomic E-state index is 0.0835. The summed E-state index contributed by atoms with van der Waals surface area (Å²) in [6.45, 7) is 1.87. The lowest BCUT2D eigenvalue weighted by Crippen LogP contribution is -2.44. The number of aromatic amines is 1. The van der Waals surface area contributed by atoms with E-state index in [9.17, 15) is 18.0 Å². The SMILES string of the molecule is O=C(N[C@@H]1CCN[C@@H](c2nc3ccccc3[nH]2)C1)c1ccc2c(c1)OCCO2.O=C(O)C(F)(F)F. The van der Waals surface area contributed by atoms with Crippen molar-refractivity contribution < 1.29 is 37.3 Å². The topological polar surface area (TPSA) is 126 Å². The van der Waals surface area contributed by atoms with Gasteiger partial charge in [-0.1, -0.05) is 12.1 Å². The number of hydrogen-bond donors (Lipinski definition) is 4. The van der Waals surface area contributed by atoms with Gasteiger partial charge < -0.3 is 30.2 Å². The zero-order valence-electron chi connectivity index (χ0n) is 18.4. The van der Waals surface area contributed by atoms with Crippen LogP contribution in [0.4, 0.5) is 13.2 Å². The summed E-state index contributed by atoms with van der Waals surface area (Å²) < 4.78 is 42.8. The molecule has 0 spiro atoms. The average molecular weight is 492 g/mol. The van der Waals surface area contributed by atoms with Gasteiger partial charge in [0.05, 0.1) is 17.1 Å². The fourth-order valence-corrected chi connectivity index (χ4v) is 3.85. The molecule has 1 aromatic heterocycles. The number of piperidine rings is 1. The molecular formula is C23H23F3N4O5. The van der Waals surface area contributed by atoms with E-state index in [4.69, 9.17) is 24.4 Å². The van der Waals surface area contributed by atoms with Crippen LogP contribution in [0.2, 0.25) is 0 Å². The molecule has 0 unspecified atom stereocenters. The fraction of sp³-hybridized carbons (Fsp3) is 0.348. The number of aliphatic carboxylic acids is 1. The number of alkyl halides is 3. The van der Waals surface area contributed by atoms with E-state index in [2.05, 4.69) is 15.6 Å². The van der Waals surface area contributed by atoms with Gasteiger partial charge in [0, 0.05) is 11.6 Å². The average Bonchev–Trinajstić information content (AvgIpc) is 3.28. The number of hydrogen-bond acceptors (Lipinski definition) is 6. The Morgan fingerprint density at radius 3 is 2.51 bits per heavy atom. The molecule has 2 aliphatic rings. The van der Waals surface area contributed by atoms with E-state index < -0.39 is 12.1 Å². The molecular weight excluding hydrogens is 469 g/mol. The minimum atomic E-state index is -5.08. The standard InChI is InChI=1S/C21H22N4O3.C2HF3O2/c26-21(13-5-6-18-19(11-13)28-10-9-27-18)23-14-7-8-22-17(12-14)20-24-15-3-1-2-4-16(15)25-20;3-2(4,5)1(6)7/h1-6,11,14,17,22H,7-10,12H2,(H,23,26)(H,24,25);(H,6,7)/t14-,17-;/m1./s1. The van der Waals surface area contributed by atoms with Crippen molar-refractivity contribution in [2.75, 3.05) is 19.8 Å². The summed E-state index contributed by atoms with van der Waals surface area (Å²) in [4.78, 5) is 29.7. The van der Waals surface area contributed by atoms with Gasteiger partial charge in [-0.05, 0) is 49.7 Å². The second-order valence-corrected chi connectivity index (χ2v) is 8.00. The molecule has 0 saturated carbocycles. The molecule has 3 aromatic rings. The number of halogens is 3. The molecule has 2 aromatic carbocycles. The van der Waals surface area contributed by atoms with Crippen LogP contribution >= 0.6 is 0 Å². The molecule has 2 aliphatic heterocycles. The largest absolute Gasteiger partial charge is 0.490 e. The molecule has 12 heteroatoms. The number of fused-ring (bicyclic) bond motifs is 2. The van der Waals surface area contributed by atoms with Crippen molar-refractivity contribution in [3.05, 3.63) is 53.9 Å². The number of carboxylic acids is 1.